The van der Waals surface area contributed by atoms with E-state index in [2.05, 4.69) is 83.5 Å². The van der Waals surface area contributed by atoms with Crippen molar-refractivity contribution < 1.29 is 0 Å². The van der Waals surface area contributed by atoms with Gasteiger partial charge in [-0.05, 0) is 35.2 Å². The molecule has 3 aromatic rings. The monoisotopic (exact) mass is 450 g/mol. The summed E-state index contributed by atoms with van der Waals surface area (Å²) in [5.41, 5.74) is 5.39. The molecular weight excluding hydrogens is 420 g/mol. The topological polar surface area (TPSA) is 6.48 Å². The Kier molecular flexibility index (Phi) is 8.09. The second-order valence-corrected chi connectivity index (χ2v) is 9.85. The molecule has 31 heavy (non-hydrogen) atoms. The summed E-state index contributed by atoms with van der Waals surface area (Å²) in [6, 6.07) is 27.8. The number of halogens is 1. The molecule has 1 aliphatic heterocycles. The highest BCUT2D eigenvalue weighted by Gasteiger charge is 2.20. The van der Waals surface area contributed by atoms with Gasteiger partial charge in [-0.1, -0.05) is 84.4 Å². The highest BCUT2D eigenvalue weighted by molar-refractivity contribution is 7.99. The highest BCUT2D eigenvalue weighted by atomic mass is 35.5. The van der Waals surface area contributed by atoms with E-state index in [1.54, 1.807) is 0 Å². The summed E-state index contributed by atoms with van der Waals surface area (Å²) in [6.45, 7) is 8.99. The van der Waals surface area contributed by atoms with E-state index < -0.39 is 0 Å². The van der Waals surface area contributed by atoms with Gasteiger partial charge in [0.1, 0.15) is 0 Å². The van der Waals surface area contributed by atoms with E-state index in [0.29, 0.717) is 0 Å². The molecule has 1 atom stereocenters. The van der Waals surface area contributed by atoms with Gasteiger partial charge in [0.2, 0.25) is 0 Å². The average Bonchev–Trinajstić information content (AvgIpc) is 2.81. The molecule has 0 N–H and O–H groups in total. The van der Waals surface area contributed by atoms with E-state index in [-0.39, 0.29) is 5.25 Å². The molecule has 1 unspecified atom stereocenters. The van der Waals surface area contributed by atoms with E-state index in [9.17, 15) is 0 Å². The van der Waals surface area contributed by atoms with Gasteiger partial charge in [0, 0.05) is 50.0 Å². The number of hydrogen-bond donors (Lipinski definition) is 0. The third-order valence-corrected chi connectivity index (χ3v) is 7.72. The van der Waals surface area contributed by atoms with Crippen LogP contribution in [0.2, 0.25) is 5.02 Å². The Morgan fingerprint density at radius 2 is 1.45 bits per heavy atom. The van der Waals surface area contributed by atoms with Crippen LogP contribution in [0.1, 0.15) is 27.5 Å². The third kappa shape index (κ3) is 6.14. The Labute approximate surface area is 196 Å². The molecule has 1 saturated heterocycles. The van der Waals surface area contributed by atoms with Crippen LogP contribution in [0.3, 0.4) is 0 Å². The number of piperazine rings is 1. The molecule has 4 heteroatoms. The van der Waals surface area contributed by atoms with Crippen LogP contribution in [0.4, 0.5) is 0 Å². The molecular formula is C27H31ClN2S. The zero-order chi connectivity index (χ0) is 21.5. The van der Waals surface area contributed by atoms with E-state index in [0.717, 1.165) is 50.0 Å². The van der Waals surface area contributed by atoms with E-state index in [1.807, 2.05) is 23.9 Å². The number of hydrogen-bond acceptors (Lipinski definition) is 3. The van der Waals surface area contributed by atoms with Crippen LogP contribution in [0.15, 0.2) is 78.9 Å². The zero-order valence-corrected chi connectivity index (χ0v) is 19.8. The number of thioether (sulfide) groups is 1. The van der Waals surface area contributed by atoms with Gasteiger partial charge in [0.15, 0.2) is 0 Å². The van der Waals surface area contributed by atoms with Crippen LogP contribution in [0.25, 0.3) is 0 Å². The summed E-state index contributed by atoms with van der Waals surface area (Å²) in [5.74, 6) is 1.10. The molecule has 1 fully saturated rings. The van der Waals surface area contributed by atoms with Crippen molar-refractivity contribution in [3.8, 4) is 0 Å². The van der Waals surface area contributed by atoms with Gasteiger partial charge in [-0.15, -0.1) is 11.8 Å². The molecule has 0 saturated carbocycles. The maximum atomic E-state index is 6.56. The lowest BCUT2D eigenvalue weighted by molar-refractivity contribution is 0.132. The molecule has 1 aliphatic rings. The van der Waals surface area contributed by atoms with E-state index >= 15 is 0 Å². The van der Waals surface area contributed by atoms with E-state index in [4.69, 9.17) is 11.6 Å². The molecule has 2 nitrogen and oxygen atoms in total. The minimum absolute atomic E-state index is 0.275. The van der Waals surface area contributed by atoms with Crippen LogP contribution in [0.5, 0.6) is 0 Å². The summed E-state index contributed by atoms with van der Waals surface area (Å²) in [7, 11) is 0. The Bertz CT molecular complexity index is 954. The van der Waals surface area contributed by atoms with Crippen molar-refractivity contribution in [3.05, 3.63) is 106 Å². The number of aryl methyl sites for hydroxylation is 1. The van der Waals surface area contributed by atoms with Crippen LogP contribution < -0.4 is 0 Å². The molecule has 0 amide bonds. The van der Waals surface area contributed by atoms with Gasteiger partial charge in [-0.3, -0.25) is 9.80 Å². The fourth-order valence-corrected chi connectivity index (χ4v) is 5.82. The van der Waals surface area contributed by atoms with Crippen molar-refractivity contribution >= 4 is 23.4 Å². The molecule has 0 aromatic heterocycles. The smallest absolute Gasteiger partial charge is 0.0561 e. The average molecular weight is 451 g/mol. The molecule has 0 spiro atoms. The highest BCUT2D eigenvalue weighted by Crippen LogP contribution is 2.38. The minimum Gasteiger partial charge on any atom is -0.300 e. The fraction of sp³-hybridized carbons (Fsp3) is 0.333. The van der Waals surface area contributed by atoms with Crippen LogP contribution >= 0.6 is 23.4 Å². The lowest BCUT2D eigenvalue weighted by atomic mass is 10.0. The second kappa shape index (κ2) is 11.2. The molecule has 162 valence electrons. The van der Waals surface area contributed by atoms with Crippen molar-refractivity contribution in [1.82, 2.24) is 9.80 Å². The Hall–Kier alpha value is -1.78. The number of benzene rings is 3. The third-order valence-electron chi connectivity index (χ3n) is 6.10. The first-order chi connectivity index (χ1) is 15.2. The summed E-state index contributed by atoms with van der Waals surface area (Å²) >= 11 is 8.56. The molecule has 4 rings (SSSR count). The normalized spacial score (nSPS) is 16.3. The van der Waals surface area contributed by atoms with E-state index in [1.165, 1.54) is 22.3 Å². The summed E-state index contributed by atoms with van der Waals surface area (Å²) in [4.78, 5) is 5.19. The summed E-state index contributed by atoms with van der Waals surface area (Å²) < 4.78 is 0. The van der Waals surface area contributed by atoms with Gasteiger partial charge in [-0.2, -0.15) is 0 Å². The molecule has 3 aromatic carbocycles. The van der Waals surface area contributed by atoms with Crippen molar-refractivity contribution in [3.63, 3.8) is 0 Å². The van der Waals surface area contributed by atoms with Crippen LogP contribution in [-0.2, 0) is 6.54 Å². The van der Waals surface area contributed by atoms with Crippen LogP contribution in [0, 0.1) is 6.92 Å². The van der Waals surface area contributed by atoms with Gasteiger partial charge in [0.05, 0.1) is 5.25 Å². The summed E-state index contributed by atoms with van der Waals surface area (Å²) in [5, 5.41) is 1.13. The first-order valence-corrected chi connectivity index (χ1v) is 12.5. The first kappa shape index (κ1) is 22.4. The van der Waals surface area contributed by atoms with Gasteiger partial charge < -0.3 is 0 Å². The first-order valence-electron chi connectivity index (χ1n) is 11.1. The zero-order valence-electron chi connectivity index (χ0n) is 18.2. The fourth-order valence-electron chi connectivity index (χ4n) is 4.18. The standard InChI is InChI=1S/C27H31ClN2S/c1-22-9-5-6-12-24(22)21-30-17-15-29(16-18-30)19-20-31-27(23-10-3-2-4-11-23)25-13-7-8-14-26(25)28/h2-14,27H,15-21H2,1H3. The largest absolute Gasteiger partial charge is 0.300 e. The molecule has 1 heterocycles. The Morgan fingerprint density at radius 3 is 2.19 bits per heavy atom. The van der Waals surface area contributed by atoms with Crippen LogP contribution in [-0.4, -0.2) is 48.3 Å². The van der Waals surface area contributed by atoms with Gasteiger partial charge in [0.25, 0.3) is 0 Å². The molecule has 0 aliphatic carbocycles. The molecule has 0 radical (unpaired) electrons. The van der Waals surface area contributed by atoms with Gasteiger partial charge >= 0.3 is 0 Å². The Balaban J connectivity index is 1.30. The van der Waals surface area contributed by atoms with Crippen molar-refractivity contribution in [1.29, 1.82) is 0 Å². The number of rotatable bonds is 8. The second-order valence-electron chi connectivity index (χ2n) is 8.23. The summed E-state index contributed by atoms with van der Waals surface area (Å²) in [6.07, 6.45) is 0. The van der Waals surface area contributed by atoms with Crippen molar-refractivity contribution in [2.75, 3.05) is 38.5 Å². The van der Waals surface area contributed by atoms with Crippen molar-refractivity contribution in [2.45, 2.75) is 18.7 Å². The van der Waals surface area contributed by atoms with Crippen molar-refractivity contribution in [2.24, 2.45) is 0 Å². The van der Waals surface area contributed by atoms with Gasteiger partial charge in [-0.25, -0.2) is 0 Å². The molecule has 0 bridgehead atoms. The number of nitrogens with zero attached hydrogens (tertiary/aromatic N) is 2. The maximum Gasteiger partial charge on any atom is 0.0561 e. The minimum atomic E-state index is 0.275. The lowest BCUT2D eigenvalue weighted by Gasteiger charge is -2.35. The lowest BCUT2D eigenvalue weighted by Crippen LogP contribution is -2.46. The Morgan fingerprint density at radius 1 is 0.806 bits per heavy atom. The quantitative estimate of drug-likeness (QED) is 0.398. The maximum absolute atomic E-state index is 6.56. The predicted octanol–water partition coefficient (Wildman–Crippen LogP) is 6.29. The predicted molar refractivity (Wildman–Crippen MR) is 135 cm³/mol. The SMILES string of the molecule is Cc1ccccc1CN1CCN(CCSC(c2ccccc2)c2ccccc2Cl)CC1.